The molecule has 0 amide bonds. The Balaban J connectivity index is 2.80. The predicted octanol–water partition coefficient (Wildman–Crippen LogP) is 1.48. The van der Waals surface area contributed by atoms with Crippen LogP contribution in [0.5, 0.6) is 5.75 Å². The van der Waals surface area contributed by atoms with E-state index in [0.29, 0.717) is 18.7 Å². The normalized spacial score (nSPS) is 12.2. The number of nitrogens with two attached hydrogens (primary N) is 1. The Labute approximate surface area is 95.0 Å². The summed E-state index contributed by atoms with van der Waals surface area (Å²) in [7, 11) is 0. The fraction of sp³-hybridized carbons (Fsp3) is 0.417. The maximum absolute atomic E-state index is 10.9. The summed E-state index contributed by atoms with van der Waals surface area (Å²) in [4.78, 5) is 10.9. The van der Waals surface area contributed by atoms with Gasteiger partial charge in [-0.2, -0.15) is 0 Å². The molecule has 4 heteroatoms. The van der Waals surface area contributed by atoms with E-state index >= 15 is 0 Å². The molecule has 0 bridgehead atoms. The minimum absolute atomic E-state index is 0.293. The lowest BCUT2D eigenvalue weighted by molar-refractivity contribution is -0.145. The molecule has 1 aromatic carbocycles. The SMILES string of the molecule is Cc1cc(C)cc(OC(CCN)C(=O)O)c1. The van der Waals surface area contributed by atoms with Gasteiger partial charge in [0.05, 0.1) is 0 Å². The number of aliphatic carboxylic acids is 1. The van der Waals surface area contributed by atoms with Crippen molar-refractivity contribution in [3.05, 3.63) is 29.3 Å². The van der Waals surface area contributed by atoms with Crippen molar-refractivity contribution in [3.8, 4) is 5.75 Å². The number of carbonyl (C=O) groups is 1. The molecule has 0 aliphatic rings. The van der Waals surface area contributed by atoms with Gasteiger partial charge in [0.1, 0.15) is 5.75 Å². The molecule has 16 heavy (non-hydrogen) atoms. The van der Waals surface area contributed by atoms with Crippen molar-refractivity contribution in [1.82, 2.24) is 0 Å². The second-order valence-electron chi connectivity index (χ2n) is 3.85. The Morgan fingerprint density at radius 1 is 1.38 bits per heavy atom. The lowest BCUT2D eigenvalue weighted by Gasteiger charge is -2.15. The minimum Gasteiger partial charge on any atom is -0.479 e. The van der Waals surface area contributed by atoms with Crippen LogP contribution >= 0.6 is 0 Å². The van der Waals surface area contributed by atoms with Crippen LogP contribution in [0.4, 0.5) is 0 Å². The average molecular weight is 223 g/mol. The molecular formula is C12H17NO3. The van der Waals surface area contributed by atoms with Crippen LogP contribution in [0.1, 0.15) is 17.5 Å². The molecule has 88 valence electrons. The molecule has 3 N–H and O–H groups in total. The average Bonchev–Trinajstić information content (AvgIpc) is 2.15. The van der Waals surface area contributed by atoms with E-state index in [1.807, 2.05) is 32.0 Å². The molecule has 0 spiro atoms. The van der Waals surface area contributed by atoms with Crippen molar-refractivity contribution in [3.63, 3.8) is 0 Å². The summed E-state index contributed by atoms with van der Waals surface area (Å²) in [5, 5.41) is 8.92. The zero-order valence-electron chi connectivity index (χ0n) is 9.56. The maximum atomic E-state index is 10.9. The molecule has 1 atom stereocenters. The van der Waals surface area contributed by atoms with Crippen LogP contribution in [0, 0.1) is 13.8 Å². The van der Waals surface area contributed by atoms with Crippen LogP contribution in [0.25, 0.3) is 0 Å². The summed E-state index contributed by atoms with van der Waals surface area (Å²) >= 11 is 0. The number of ether oxygens (including phenoxy) is 1. The highest BCUT2D eigenvalue weighted by molar-refractivity contribution is 5.72. The van der Waals surface area contributed by atoms with Crippen molar-refractivity contribution in [2.75, 3.05) is 6.54 Å². The topological polar surface area (TPSA) is 72.5 Å². The number of carboxylic acid groups (broad SMARTS) is 1. The molecule has 0 aromatic heterocycles. The van der Waals surface area contributed by atoms with Gasteiger partial charge in [-0.05, 0) is 43.7 Å². The highest BCUT2D eigenvalue weighted by atomic mass is 16.5. The first-order valence-corrected chi connectivity index (χ1v) is 5.20. The third-order valence-electron chi connectivity index (χ3n) is 2.18. The van der Waals surface area contributed by atoms with Crippen LogP contribution in [0.2, 0.25) is 0 Å². The molecular weight excluding hydrogens is 206 g/mol. The number of carboxylic acids is 1. The van der Waals surface area contributed by atoms with Gasteiger partial charge in [-0.25, -0.2) is 4.79 Å². The standard InChI is InChI=1S/C12H17NO3/c1-8-5-9(2)7-10(6-8)16-11(3-4-13)12(14)15/h5-7,11H,3-4,13H2,1-2H3,(H,14,15). The molecule has 1 unspecified atom stereocenters. The summed E-state index contributed by atoms with van der Waals surface area (Å²) < 4.78 is 5.40. The zero-order valence-corrected chi connectivity index (χ0v) is 9.56. The molecule has 1 rings (SSSR count). The van der Waals surface area contributed by atoms with Crippen LogP contribution in [-0.4, -0.2) is 23.7 Å². The first kappa shape index (κ1) is 12.5. The van der Waals surface area contributed by atoms with Gasteiger partial charge >= 0.3 is 5.97 Å². The largest absolute Gasteiger partial charge is 0.479 e. The Kier molecular flexibility index (Phi) is 4.31. The second-order valence-corrected chi connectivity index (χ2v) is 3.85. The number of aryl methyl sites for hydroxylation is 2. The third kappa shape index (κ3) is 3.55. The Morgan fingerprint density at radius 2 is 1.94 bits per heavy atom. The van der Waals surface area contributed by atoms with Crippen LogP contribution in [0.3, 0.4) is 0 Å². The van der Waals surface area contributed by atoms with E-state index in [0.717, 1.165) is 11.1 Å². The van der Waals surface area contributed by atoms with Crippen molar-refractivity contribution < 1.29 is 14.6 Å². The quantitative estimate of drug-likeness (QED) is 0.793. The van der Waals surface area contributed by atoms with Gasteiger partial charge in [-0.15, -0.1) is 0 Å². The van der Waals surface area contributed by atoms with E-state index in [2.05, 4.69) is 0 Å². The van der Waals surface area contributed by atoms with Gasteiger partial charge < -0.3 is 15.6 Å². The van der Waals surface area contributed by atoms with Crippen molar-refractivity contribution in [2.45, 2.75) is 26.4 Å². The smallest absolute Gasteiger partial charge is 0.344 e. The van der Waals surface area contributed by atoms with Gasteiger partial charge in [0, 0.05) is 6.42 Å². The lowest BCUT2D eigenvalue weighted by atomic mass is 10.1. The fourth-order valence-electron chi connectivity index (χ4n) is 1.55. The van der Waals surface area contributed by atoms with E-state index in [1.165, 1.54) is 0 Å². The van der Waals surface area contributed by atoms with Gasteiger partial charge in [0.2, 0.25) is 0 Å². The number of rotatable bonds is 5. The molecule has 1 aromatic rings. The Morgan fingerprint density at radius 3 is 2.38 bits per heavy atom. The lowest BCUT2D eigenvalue weighted by Crippen LogP contribution is -2.29. The van der Waals surface area contributed by atoms with E-state index in [4.69, 9.17) is 15.6 Å². The van der Waals surface area contributed by atoms with Gasteiger partial charge in [-0.3, -0.25) is 0 Å². The summed E-state index contributed by atoms with van der Waals surface area (Å²) in [6.45, 7) is 4.18. The molecule has 0 saturated carbocycles. The predicted molar refractivity (Wildman–Crippen MR) is 61.6 cm³/mol. The van der Waals surface area contributed by atoms with Crippen LogP contribution < -0.4 is 10.5 Å². The molecule has 0 heterocycles. The van der Waals surface area contributed by atoms with Gasteiger partial charge in [0.15, 0.2) is 6.10 Å². The molecule has 0 saturated heterocycles. The van der Waals surface area contributed by atoms with E-state index in [-0.39, 0.29) is 0 Å². The Hall–Kier alpha value is -1.55. The first-order valence-electron chi connectivity index (χ1n) is 5.20. The molecule has 0 aliphatic heterocycles. The molecule has 4 nitrogen and oxygen atoms in total. The summed E-state index contributed by atoms with van der Waals surface area (Å²) in [5.41, 5.74) is 7.43. The number of hydrogen-bond acceptors (Lipinski definition) is 3. The van der Waals surface area contributed by atoms with Crippen molar-refractivity contribution in [2.24, 2.45) is 5.73 Å². The van der Waals surface area contributed by atoms with E-state index in [9.17, 15) is 4.79 Å². The monoisotopic (exact) mass is 223 g/mol. The molecule has 0 aliphatic carbocycles. The van der Waals surface area contributed by atoms with Crippen molar-refractivity contribution >= 4 is 5.97 Å². The van der Waals surface area contributed by atoms with Crippen LogP contribution in [-0.2, 0) is 4.79 Å². The summed E-state index contributed by atoms with van der Waals surface area (Å²) in [6, 6.07) is 5.64. The minimum atomic E-state index is -0.982. The van der Waals surface area contributed by atoms with Crippen molar-refractivity contribution in [1.29, 1.82) is 0 Å². The van der Waals surface area contributed by atoms with Gasteiger partial charge in [0.25, 0.3) is 0 Å². The Bertz CT molecular complexity index is 356. The highest BCUT2D eigenvalue weighted by Gasteiger charge is 2.18. The van der Waals surface area contributed by atoms with Gasteiger partial charge in [-0.1, -0.05) is 6.07 Å². The second kappa shape index (κ2) is 5.51. The highest BCUT2D eigenvalue weighted by Crippen LogP contribution is 2.18. The van der Waals surface area contributed by atoms with Crippen LogP contribution in [0.15, 0.2) is 18.2 Å². The molecule has 0 fully saturated rings. The third-order valence-corrected chi connectivity index (χ3v) is 2.18. The maximum Gasteiger partial charge on any atom is 0.344 e. The summed E-state index contributed by atoms with van der Waals surface area (Å²) in [6.07, 6.45) is -0.561. The first-order chi connectivity index (χ1) is 7.52. The zero-order chi connectivity index (χ0) is 12.1. The van der Waals surface area contributed by atoms with E-state index < -0.39 is 12.1 Å². The number of hydrogen-bond donors (Lipinski definition) is 2. The fourth-order valence-corrected chi connectivity index (χ4v) is 1.55. The molecule has 0 radical (unpaired) electrons. The number of benzene rings is 1. The van der Waals surface area contributed by atoms with E-state index in [1.54, 1.807) is 0 Å². The summed E-state index contributed by atoms with van der Waals surface area (Å²) in [5.74, 6) is -0.400.